The van der Waals surface area contributed by atoms with Crippen LogP contribution in [0.4, 0.5) is 24.0 Å². The molecule has 3 aliphatic rings. The first kappa shape index (κ1) is 32.7. The molecule has 4 aromatic rings. The number of fused-ring (bicyclic) bond motifs is 3. The van der Waals surface area contributed by atoms with E-state index in [9.17, 15) is 19.0 Å². The molecule has 4 atom stereocenters. The van der Waals surface area contributed by atoms with Crippen LogP contribution in [0.2, 0.25) is 0 Å². The maximum Gasteiger partial charge on any atom is 0.319 e. The van der Waals surface area contributed by atoms with Crippen molar-refractivity contribution < 1.29 is 69.9 Å². The minimum absolute atomic E-state index is 0. The number of hydrogen-bond donors (Lipinski definition) is 4. The van der Waals surface area contributed by atoms with E-state index < -0.39 is 35.0 Å². The molecule has 0 spiro atoms. The maximum absolute atomic E-state index is 16.7. The molecule has 3 fully saturated rings. The molecule has 14 heteroatoms. The second-order valence-corrected chi connectivity index (χ2v) is 14.3. The Bertz CT molecular complexity index is 1780. The van der Waals surface area contributed by atoms with E-state index in [2.05, 4.69) is 26.3 Å². The summed E-state index contributed by atoms with van der Waals surface area (Å²) in [6, 6.07) is 5.04. The molecule has 0 amide bonds. The van der Waals surface area contributed by atoms with Gasteiger partial charge < -0.3 is 26.0 Å². The molecule has 7 rings (SSSR count). The van der Waals surface area contributed by atoms with E-state index in [1.54, 1.807) is 6.92 Å². The smallest absolute Gasteiger partial charge is 0.319 e. The first-order chi connectivity index (χ1) is 20.5. The first-order valence-electron chi connectivity index (χ1n) is 14.3. The Balaban J connectivity index is 0.00000343. The van der Waals surface area contributed by atoms with Crippen molar-refractivity contribution in [2.45, 2.75) is 68.8 Å². The van der Waals surface area contributed by atoms with Crippen molar-refractivity contribution in [3.05, 3.63) is 33.4 Å². The number of nitrogens with two attached hydrogens (primary N) is 1. The molecule has 1 saturated carbocycles. The number of hydrogen-bond acceptors (Lipinski definition) is 9. The molecule has 44 heavy (non-hydrogen) atoms. The average Bonchev–Trinajstić information content (AvgIpc) is 3.69. The predicted octanol–water partition coefficient (Wildman–Crippen LogP) is 6.15. The van der Waals surface area contributed by atoms with E-state index in [0.29, 0.717) is 36.8 Å². The second-order valence-electron chi connectivity index (χ2n) is 12.1. The Kier molecular flexibility index (Phi) is 8.98. The Hall–Kier alpha value is -1.24. The van der Waals surface area contributed by atoms with Crippen molar-refractivity contribution in [3.63, 3.8) is 0 Å². The van der Waals surface area contributed by atoms with Gasteiger partial charge in [-0.1, -0.05) is 0 Å². The number of anilines is 2. The quantitative estimate of drug-likeness (QED) is 0.135. The Morgan fingerprint density at radius 1 is 1.27 bits per heavy atom. The topological polar surface area (TPSA) is 117 Å². The zero-order valence-electron chi connectivity index (χ0n) is 23.8. The fourth-order valence-electron chi connectivity index (χ4n) is 7.11. The number of nitrogen functional groups attached to an aromatic ring is 1. The summed E-state index contributed by atoms with van der Waals surface area (Å²) >= 11 is 2.86. The van der Waals surface area contributed by atoms with Gasteiger partial charge in [-0.05, 0) is 84.5 Å². The van der Waals surface area contributed by atoms with E-state index >= 15 is 4.39 Å². The molecule has 232 valence electrons. The number of alkyl halides is 1. The van der Waals surface area contributed by atoms with Crippen molar-refractivity contribution in [1.29, 1.82) is 0 Å². The summed E-state index contributed by atoms with van der Waals surface area (Å²) in [5.74, 6) is -1.41. The van der Waals surface area contributed by atoms with Crippen molar-refractivity contribution in [2.24, 2.45) is 0 Å². The van der Waals surface area contributed by atoms with Gasteiger partial charge in [-0.25, -0.2) is 13.2 Å². The van der Waals surface area contributed by atoms with Crippen LogP contribution in [0.25, 0.3) is 32.1 Å². The van der Waals surface area contributed by atoms with Crippen molar-refractivity contribution in [3.8, 4) is 22.9 Å². The zero-order chi connectivity index (χ0) is 30.3. The number of thiophene rings is 1. The van der Waals surface area contributed by atoms with Gasteiger partial charge in [0.1, 0.15) is 35.7 Å². The summed E-state index contributed by atoms with van der Waals surface area (Å²) < 4.78 is 52.3. The van der Waals surface area contributed by atoms with Gasteiger partial charge in [-0.15, -0.1) is 17.7 Å². The zero-order valence-corrected chi connectivity index (χ0v) is 29.9. The van der Waals surface area contributed by atoms with Crippen molar-refractivity contribution in [2.75, 3.05) is 30.7 Å². The molecular formula is C30H30CeF3IN5O3S-. The molecule has 2 aromatic carbocycles. The SMILES string of the molecule is CC1(O)CCCC1Nc1nc(OC[C@@]23CCCN2C[C@H](F)C3)nc2c(F)c(-c3ccc(F)c4sc(N)[c-]c34)c(I)c(O)c12.[Ce]. The molecule has 0 bridgehead atoms. The fraction of sp³-hybridized carbons (Fsp3) is 0.467. The van der Waals surface area contributed by atoms with Gasteiger partial charge in [0.2, 0.25) is 0 Å². The number of nitrogens with one attached hydrogen (secondary N) is 1. The van der Waals surface area contributed by atoms with Gasteiger partial charge in [-0.2, -0.15) is 26.7 Å². The number of halogens is 4. The second kappa shape index (κ2) is 12.1. The van der Waals surface area contributed by atoms with Gasteiger partial charge in [0, 0.05) is 59.7 Å². The summed E-state index contributed by atoms with van der Waals surface area (Å²) in [6.07, 6.45) is 3.10. The van der Waals surface area contributed by atoms with Crippen LogP contribution in [0.15, 0.2) is 12.1 Å². The van der Waals surface area contributed by atoms with Gasteiger partial charge >= 0.3 is 6.01 Å². The third-order valence-corrected chi connectivity index (χ3v) is 11.3. The summed E-state index contributed by atoms with van der Waals surface area (Å²) in [6.45, 7) is 3.00. The van der Waals surface area contributed by atoms with E-state index in [4.69, 9.17) is 10.5 Å². The van der Waals surface area contributed by atoms with Crippen LogP contribution in [0.1, 0.15) is 45.4 Å². The number of phenolic OH excluding ortho intramolecular Hbond substituents is 1. The standard InChI is InChI=1S/C30H30F3IN5O3S.Ce/c1-29(41)7-2-4-18(29)36-27-21-24(37-28(38-27)42-13-30-8-3-9-39(30)12-14(31)11-30)22(33)20(23(34)25(21)40)15-5-6-17(32)26-16(15)10-19(35)43-26;/h5-6,14,18,40-41H,2-4,7-9,11-13,35H2,1H3,(H,36,37,38);/q-1;/t14-,18?,29?,30+;/m1./s1. The van der Waals surface area contributed by atoms with E-state index in [1.807, 2.05) is 22.6 Å². The minimum atomic E-state index is -1.04. The van der Waals surface area contributed by atoms with E-state index in [-0.39, 0.29) is 95.7 Å². The Morgan fingerprint density at radius 3 is 2.82 bits per heavy atom. The largest absolute Gasteiger partial charge is 0.506 e. The van der Waals surface area contributed by atoms with Crippen LogP contribution in [0, 0.1) is 63.0 Å². The monoisotopic (exact) mass is 864 g/mol. The molecule has 4 heterocycles. The molecule has 2 saturated heterocycles. The normalized spacial score (nSPS) is 26.8. The number of rotatable bonds is 6. The fourth-order valence-corrected chi connectivity index (χ4v) is 8.71. The van der Waals surface area contributed by atoms with Gasteiger partial charge in [0.15, 0.2) is 0 Å². The van der Waals surface area contributed by atoms with Crippen LogP contribution >= 0.6 is 33.9 Å². The summed E-state index contributed by atoms with van der Waals surface area (Å²) in [5.41, 5.74) is 4.53. The summed E-state index contributed by atoms with van der Waals surface area (Å²) in [5, 5.41) is 26.3. The molecular weight excluding hydrogens is 834 g/mol. The van der Waals surface area contributed by atoms with Crippen molar-refractivity contribution in [1.82, 2.24) is 14.9 Å². The van der Waals surface area contributed by atoms with Crippen LogP contribution in [0.5, 0.6) is 11.8 Å². The van der Waals surface area contributed by atoms with Crippen LogP contribution in [-0.2, 0) is 0 Å². The third-order valence-electron chi connectivity index (χ3n) is 9.29. The predicted molar refractivity (Wildman–Crippen MR) is 168 cm³/mol. The molecule has 2 aliphatic heterocycles. The number of benzene rings is 2. The maximum atomic E-state index is 16.7. The number of ether oxygens (including phenoxy) is 1. The average molecular weight is 865 g/mol. The Morgan fingerprint density at radius 2 is 2.07 bits per heavy atom. The summed E-state index contributed by atoms with van der Waals surface area (Å²) in [7, 11) is 0. The van der Waals surface area contributed by atoms with Gasteiger partial charge in [0.05, 0.1) is 32.0 Å². The number of aromatic nitrogens is 2. The van der Waals surface area contributed by atoms with E-state index in [1.165, 1.54) is 12.1 Å². The number of aliphatic hydroxyl groups is 1. The minimum Gasteiger partial charge on any atom is -0.506 e. The molecule has 5 N–H and O–H groups in total. The number of aromatic hydroxyl groups is 1. The van der Waals surface area contributed by atoms with Crippen molar-refractivity contribution >= 4 is 65.7 Å². The molecule has 0 radical (unpaired) electrons. The molecule has 2 unspecified atom stereocenters. The third kappa shape index (κ3) is 5.45. The molecule has 2 aromatic heterocycles. The number of nitrogens with zero attached hydrogens (tertiary/aromatic N) is 3. The van der Waals surface area contributed by atoms with Crippen LogP contribution < -0.4 is 15.8 Å². The van der Waals surface area contributed by atoms with Gasteiger partial charge in [0.25, 0.3) is 0 Å². The van der Waals surface area contributed by atoms with E-state index in [0.717, 1.165) is 37.1 Å². The number of phenols is 1. The Labute approximate surface area is 303 Å². The van der Waals surface area contributed by atoms with Crippen LogP contribution in [0.3, 0.4) is 0 Å². The first-order valence-corrected chi connectivity index (χ1v) is 16.2. The van der Waals surface area contributed by atoms with Gasteiger partial charge in [-0.3, -0.25) is 4.90 Å². The van der Waals surface area contributed by atoms with Crippen LogP contribution in [-0.4, -0.2) is 68.1 Å². The molecule has 1 aliphatic carbocycles. The summed E-state index contributed by atoms with van der Waals surface area (Å²) in [4.78, 5) is 11.1. The molecule has 8 nitrogen and oxygen atoms in total.